The van der Waals surface area contributed by atoms with Crippen molar-refractivity contribution in [3.8, 4) is 11.9 Å². The molecule has 0 N–H and O–H groups in total. The summed E-state index contributed by atoms with van der Waals surface area (Å²) in [4.78, 5) is 15.7. The highest BCUT2D eigenvalue weighted by atomic mass is 15.3. The number of rotatable bonds is 3. The lowest BCUT2D eigenvalue weighted by Crippen LogP contribution is -2.19. The lowest BCUT2D eigenvalue weighted by atomic mass is 10.5. The van der Waals surface area contributed by atoms with E-state index in [-0.39, 0.29) is 0 Å². The first-order chi connectivity index (χ1) is 10.4. The Morgan fingerprint density at radius 2 is 1.24 bits per heavy atom. The second kappa shape index (κ2) is 4.90. The van der Waals surface area contributed by atoms with Crippen LogP contribution in [0.1, 0.15) is 6.42 Å². The molecule has 4 heterocycles. The van der Waals surface area contributed by atoms with Crippen LogP contribution in [0, 0.1) is 0 Å². The molecule has 6 nitrogen and oxygen atoms in total. The zero-order valence-electron chi connectivity index (χ0n) is 11.4. The SMILES string of the molecule is C1=CN(c2nc(-n3cccc3)nc(-n3cccc3)n2)CC1. The molecule has 6 heteroatoms. The third kappa shape index (κ3) is 2.20. The zero-order chi connectivity index (χ0) is 14.1. The fourth-order valence-corrected chi connectivity index (χ4v) is 2.30. The zero-order valence-corrected chi connectivity index (χ0v) is 11.4. The van der Waals surface area contributed by atoms with Crippen molar-refractivity contribution in [3.63, 3.8) is 0 Å². The third-order valence-electron chi connectivity index (χ3n) is 3.35. The molecule has 0 bridgehead atoms. The molecule has 0 atom stereocenters. The fraction of sp³-hybridized carbons (Fsp3) is 0.133. The Balaban J connectivity index is 1.85. The van der Waals surface area contributed by atoms with Crippen LogP contribution in [0.4, 0.5) is 5.95 Å². The van der Waals surface area contributed by atoms with Crippen LogP contribution >= 0.6 is 0 Å². The van der Waals surface area contributed by atoms with Gasteiger partial charge in [-0.25, -0.2) is 0 Å². The lowest BCUT2D eigenvalue weighted by molar-refractivity contribution is 0.819. The molecule has 0 fully saturated rings. The van der Waals surface area contributed by atoms with Gasteiger partial charge >= 0.3 is 0 Å². The van der Waals surface area contributed by atoms with Crippen LogP contribution in [0.15, 0.2) is 61.3 Å². The van der Waals surface area contributed by atoms with Gasteiger partial charge in [0.25, 0.3) is 0 Å². The molecule has 1 aliphatic heterocycles. The van der Waals surface area contributed by atoms with Gasteiger partial charge in [-0.05, 0) is 30.7 Å². The maximum Gasteiger partial charge on any atom is 0.240 e. The van der Waals surface area contributed by atoms with Crippen molar-refractivity contribution < 1.29 is 0 Å². The molecule has 0 unspecified atom stereocenters. The Hall–Kier alpha value is -2.89. The molecule has 0 spiro atoms. The first-order valence-corrected chi connectivity index (χ1v) is 6.86. The average Bonchev–Trinajstić information content (AvgIpc) is 3.29. The van der Waals surface area contributed by atoms with Gasteiger partial charge in [-0.2, -0.15) is 15.0 Å². The number of nitrogens with zero attached hydrogens (tertiary/aromatic N) is 6. The van der Waals surface area contributed by atoms with Gasteiger partial charge < -0.3 is 4.90 Å². The van der Waals surface area contributed by atoms with Crippen LogP contribution in [0.5, 0.6) is 0 Å². The number of hydrogen-bond acceptors (Lipinski definition) is 4. The quantitative estimate of drug-likeness (QED) is 0.737. The van der Waals surface area contributed by atoms with E-state index in [0.29, 0.717) is 17.8 Å². The highest BCUT2D eigenvalue weighted by Crippen LogP contribution is 2.17. The maximum atomic E-state index is 4.57. The Labute approximate surface area is 122 Å². The van der Waals surface area contributed by atoms with Gasteiger partial charge in [-0.3, -0.25) is 9.13 Å². The van der Waals surface area contributed by atoms with Crippen LogP contribution in [-0.4, -0.2) is 30.6 Å². The molecule has 104 valence electrons. The van der Waals surface area contributed by atoms with E-state index in [4.69, 9.17) is 0 Å². The minimum absolute atomic E-state index is 0.619. The largest absolute Gasteiger partial charge is 0.317 e. The summed E-state index contributed by atoms with van der Waals surface area (Å²) in [5.74, 6) is 1.91. The molecule has 0 amide bonds. The van der Waals surface area contributed by atoms with Gasteiger partial charge in [0.05, 0.1) is 0 Å². The highest BCUT2D eigenvalue weighted by molar-refractivity contribution is 5.41. The van der Waals surface area contributed by atoms with Crippen LogP contribution in [0.2, 0.25) is 0 Å². The lowest BCUT2D eigenvalue weighted by Gasteiger charge is -2.15. The van der Waals surface area contributed by atoms with E-state index in [2.05, 4.69) is 21.0 Å². The van der Waals surface area contributed by atoms with Crippen molar-refractivity contribution in [1.82, 2.24) is 24.1 Å². The van der Waals surface area contributed by atoms with Crippen LogP contribution in [0.3, 0.4) is 0 Å². The second-order valence-electron chi connectivity index (χ2n) is 4.78. The van der Waals surface area contributed by atoms with Crippen molar-refractivity contribution in [3.05, 3.63) is 61.3 Å². The number of anilines is 1. The summed E-state index contributed by atoms with van der Waals surface area (Å²) < 4.78 is 3.77. The Bertz CT molecular complexity index is 705. The smallest absolute Gasteiger partial charge is 0.240 e. The van der Waals surface area contributed by atoms with E-state index in [1.807, 2.05) is 69.3 Å². The summed E-state index contributed by atoms with van der Waals surface area (Å²) in [7, 11) is 0. The molecular weight excluding hydrogens is 264 g/mol. The van der Waals surface area contributed by atoms with Crippen LogP contribution in [0.25, 0.3) is 11.9 Å². The fourth-order valence-electron chi connectivity index (χ4n) is 2.30. The first kappa shape index (κ1) is 11.9. The minimum Gasteiger partial charge on any atom is -0.317 e. The number of aromatic nitrogens is 5. The molecule has 3 aromatic rings. The van der Waals surface area contributed by atoms with Gasteiger partial charge in [0.1, 0.15) is 0 Å². The van der Waals surface area contributed by atoms with E-state index in [1.54, 1.807) is 0 Å². The summed E-state index contributed by atoms with van der Waals surface area (Å²) >= 11 is 0. The molecular formula is C15H14N6. The van der Waals surface area contributed by atoms with E-state index in [1.165, 1.54) is 0 Å². The van der Waals surface area contributed by atoms with Gasteiger partial charge in [-0.15, -0.1) is 0 Å². The third-order valence-corrected chi connectivity index (χ3v) is 3.35. The van der Waals surface area contributed by atoms with Crippen molar-refractivity contribution >= 4 is 5.95 Å². The van der Waals surface area contributed by atoms with Crippen molar-refractivity contribution in [2.45, 2.75) is 6.42 Å². The average molecular weight is 278 g/mol. The highest BCUT2D eigenvalue weighted by Gasteiger charge is 2.15. The Morgan fingerprint density at radius 1 is 0.714 bits per heavy atom. The van der Waals surface area contributed by atoms with Gasteiger partial charge in [-0.1, -0.05) is 6.08 Å². The Kier molecular flexibility index (Phi) is 2.77. The first-order valence-electron chi connectivity index (χ1n) is 6.86. The number of hydrogen-bond donors (Lipinski definition) is 0. The van der Waals surface area contributed by atoms with Crippen LogP contribution < -0.4 is 4.90 Å². The van der Waals surface area contributed by atoms with E-state index in [9.17, 15) is 0 Å². The summed E-state index contributed by atoms with van der Waals surface area (Å²) in [6.07, 6.45) is 12.9. The topological polar surface area (TPSA) is 51.8 Å². The molecule has 3 aromatic heterocycles. The molecule has 21 heavy (non-hydrogen) atoms. The van der Waals surface area contributed by atoms with E-state index >= 15 is 0 Å². The van der Waals surface area contributed by atoms with E-state index in [0.717, 1.165) is 13.0 Å². The molecule has 0 saturated heterocycles. The van der Waals surface area contributed by atoms with Gasteiger partial charge in [0, 0.05) is 37.5 Å². The van der Waals surface area contributed by atoms with Crippen molar-refractivity contribution in [1.29, 1.82) is 0 Å². The van der Waals surface area contributed by atoms with Crippen LogP contribution in [-0.2, 0) is 0 Å². The monoisotopic (exact) mass is 278 g/mol. The van der Waals surface area contributed by atoms with Crippen molar-refractivity contribution in [2.24, 2.45) is 0 Å². The molecule has 0 saturated carbocycles. The van der Waals surface area contributed by atoms with Gasteiger partial charge in [0.15, 0.2) is 0 Å². The summed E-state index contributed by atoms with van der Waals surface area (Å²) in [6.45, 7) is 0.903. The second-order valence-corrected chi connectivity index (χ2v) is 4.78. The molecule has 0 aromatic carbocycles. The maximum absolute atomic E-state index is 4.57. The standard InChI is InChI=1S/C15H14N6/c1-2-8-19(7-1)13-16-14(20-9-3-4-10-20)18-15(17-13)21-11-5-6-12-21/h1-5,7-11H,6,12H2. The predicted octanol–water partition coefficient (Wildman–Crippen LogP) is 2.18. The molecule has 0 aliphatic carbocycles. The van der Waals surface area contributed by atoms with Crippen molar-refractivity contribution in [2.75, 3.05) is 11.4 Å². The molecule has 0 radical (unpaired) electrons. The summed E-state index contributed by atoms with van der Waals surface area (Å²) in [5.41, 5.74) is 0. The molecule has 1 aliphatic rings. The minimum atomic E-state index is 0.619. The molecule has 4 rings (SSSR count). The van der Waals surface area contributed by atoms with E-state index < -0.39 is 0 Å². The predicted molar refractivity (Wildman–Crippen MR) is 79.6 cm³/mol. The summed E-state index contributed by atoms with van der Waals surface area (Å²) in [6, 6.07) is 7.81. The Morgan fingerprint density at radius 3 is 1.71 bits per heavy atom. The van der Waals surface area contributed by atoms with Gasteiger partial charge in [0.2, 0.25) is 17.8 Å². The normalized spacial score (nSPS) is 14.0. The summed E-state index contributed by atoms with van der Waals surface area (Å²) in [5, 5.41) is 0.